The van der Waals surface area contributed by atoms with E-state index >= 15 is 0 Å². The summed E-state index contributed by atoms with van der Waals surface area (Å²) in [5.74, 6) is -2.26. The van der Waals surface area contributed by atoms with Crippen LogP contribution in [0.1, 0.15) is 30.1 Å². The standard InChI is InChI=1S/C15H17NO5/c1-2-7-21-15(20)10-3-5-12(6-4-10)16-9-11(14(18)19)8-13(16)17/h3-6,11H,2,7-9H2,1H3,(H,18,19)/t11-/m0/s1. The van der Waals surface area contributed by atoms with Gasteiger partial charge in [-0.1, -0.05) is 6.92 Å². The molecule has 0 aliphatic carbocycles. The summed E-state index contributed by atoms with van der Waals surface area (Å²) in [5, 5.41) is 8.95. The van der Waals surface area contributed by atoms with Gasteiger partial charge in [0, 0.05) is 18.7 Å². The Balaban J connectivity index is 2.07. The van der Waals surface area contributed by atoms with E-state index in [1.807, 2.05) is 6.92 Å². The Hall–Kier alpha value is -2.37. The lowest BCUT2D eigenvalue weighted by Gasteiger charge is -2.16. The Morgan fingerprint density at radius 1 is 1.33 bits per heavy atom. The van der Waals surface area contributed by atoms with Crippen molar-refractivity contribution in [2.24, 2.45) is 5.92 Å². The van der Waals surface area contributed by atoms with Gasteiger partial charge in [-0.05, 0) is 30.7 Å². The van der Waals surface area contributed by atoms with Crippen LogP contribution in [-0.2, 0) is 14.3 Å². The van der Waals surface area contributed by atoms with Gasteiger partial charge in [0.1, 0.15) is 0 Å². The first-order valence-corrected chi connectivity index (χ1v) is 6.83. The molecule has 1 aliphatic heterocycles. The molecule has 1 N–H and O–H groups in total. The van der Waals surface area contributed by atoms with Gasteiger partial charge in [0.05, 0.1) is 18.1 Å². The number of rotatable bonds is 5. The van der Waals surface area contributed by atoms with Crippen LogP contribution in [0.5, 0.6) is 0 Å². The molecule has 1 saturated heterocycles. The molecule has 21 heavy (non-hydrogen) atoms. The van der Waals surface area contributed by atoms with Crippen LogP contribution in [0.25, 0.3) is 0 Å². The van der Waals surface area contributed by atoms with Gasteiger partial charge in [-0.3, -0.25) is 9.59 Å². The second-order valence-corrected chi connectivity index (χ2v) is 4.93. The lowest BCUT2D eigenvalue weighted by Crippen LogP contribution is -2.25. The highest BCUT2D eigenvalue weighted by atomic mass is 16.5. The van der Waals surface area contributed by atoms with Crippen LogP contribution >= 0.6 is 0 Å². The van der Waals surface area contributed by atoms with Crippen molar-refractivity contribution in [1.29, 1.82) is 0 Å². The molecule has 0 aromatic heterocycles. The molecule has 1 atom stereocenters. The van der Waals surface area contributed by atoms with Crippen molar-refractivity contribution in [1.82, 2.24) is 0 Å². The number of anilines is 1. The number of hydrogen-bond donors (Lipinski definition) is 1. The molecule has 0 saturated carbocycles. The Kier molecular flexibility index (Phi) is 4.57. The lowest BCUT2D eigenvalue weighted by molar-refractivity contribution is -0.141. The molecule has 1 aliphatic rings. The molecule has 1 aromatic rings. The number of ether oxygens (including phenoxy) is 1. The maximum atomic E-state index is 11.8. The number of carboxylic acid groups (broad SMARTS) is 1. The fourth-order valence-corrected chi connectivity index (χ4v) is 2.18. The summed E-state index contributed by atoms with van der Waals surface area (Å²) in [7, 11) is 0. The van der Waals surface area contributed by atoms with E-state index in [4.69, 9.17) is 9.84 Å². The highest BCUT2D eigenvalue weighted by molar-refractivity contribution is 5.99. The molecule has 0 spiro atoms. The quantitative estimate of drug-likeness (QED) is 0.835. The molecule has 1 fully saturated rings. The lowest BCUT2D eigenvalue weighted by atomic mass is 10.1. The topological polar surface area (TPSA) is 83.9 Å². The van der Waals surface area contributed by atoms with Crippen LogP contribution in [0, 0.1) is 5.92 Å². The van der Waals surface area contributed by atoms with E-state index in [1.165, 1.54) is 4.90 Å². The van der Waals surface area contributed by atoms with Crippen molar-refractivity contribution in [2.45, 2.75) is 19.8 Å². The fourth-order valence-electron chi connectivity index (χ4n) is 2.18. The van der Waals surface area contributed by atoms with E-state index in [0.29, 0.717) is 17.9 Å². The summed E-state index contributed by atoms with van der Waals surface area (Å²) in [4.78, 5) is 35.8. The molecule has 0 bridgehead atoms. The highest BCUT2D eigenvalue weighted by Gasteiger charge is 2.35. The van der Waals surface area contributed by atoms with E-state index in [9.17, 15) is 14.4 Å². The zero-order valence-corrected chi connectivity index (χ0v) is 11.7. The fraction of sp³-hybridized carbons (Fsp3) is 0.400. The molecular formula is C15H17NO5. The number of benzene rings is 1. The molecule has 0 radical (unpaired) electrons. The monoisotopic (exact) mass is 291 g/mol. The number of carboxylic acids is 1. The third-order valence-electron chi connectivity index (χ3n) is 3.33. The molecule has 1 aromatic carbocycles. The third kappa shape index (κ3) is 3.39. The first-order chi connectivity index (χ1) is 10.0. The van der Waals surface area contributed by atoms with Gasteiger partial charge in [0.25, 0.3) is 0 Å². The highest BCUT2D eigenvalue weighted by Crippen LogP contribution is 2.25. The van der Waals surface area contributed by atoms with Gasteiger partial charge in [0.15, 0.2) is 0 Å². The largest absolute Gasteiger partial charge is 0.481 e. The Labute approximate surface area is 122 Å². The number of nitrogens with zero attached hydrogens (tertiary/aromatic N) is 1. The molecule has 1 amide bonds. The van der Waals surface area contributed by atoms with Crippen molar-refractivity contribution in [2.75, 3.05) is 18.1 Å². The number of carbonyl (C=O) groups is 3. The smallest absolute Gasteiger partial charge is 0.338 e. The number of esters is 1. The van der Waals surface area contributed by atoms with Crippen LogP contribution in [-0.4, -0.2) is 36.1 Å². The van der Waals surface area contributed by atoms with Gasteiger partial charge in [0.2, 0.25) is 5.91 Å². The van der Waals surface area contributed by atoms with Crippen LogP contribution in [0.2, 0.25) is 0 Å². The Morgan fingerprint density at radius 2 is 2.00 bits per heavy atom. The van der Waals surface area contributed by atoms with Gasteiger partial charge in [-0.25, -0.2) is 4.79 Å². The van der Waals surface area contributed by atoms with E-state index in [2.05, 4.69) is 0 Å². The predicted octanol–water partition coefficient (Wildman–Crippen LogP) is 1.69. The van der Waals surface area contributed by atoms with Crippen LogP contribution in [0.3, 0.4) is 0 Å². The van der Waals surface area contributed by atoms with Gasteiger partial charge < -0.3 is 14.7 Å². The summed E-state index contributed by atoms with van der Waals surface area (Å²) in [5.41, 5.74) is 1.00. The average Bonchev–Trinajstić information content (AvgIpc) is 2.87. The maximum absolute atomic E-state index is 11.8. The van der Waals surface area contributed by atoms with Gasteiger partial charge >= 0.3 is 11.9 Å². The number of aliphatic carboxylic acids is 1. The van der Waals surface area contributed by atoms with Crippen molar-refractivity contribution >= 4 is 23.5 Å². The summed E-state index contributed by atoms with van der Waals surface area (Å²) >= 11 is 0. The zero-order chi connectivity index (χ0) is 15.4. The summed E-state index contributed by atoms with van der Waals surface area (Å²) in [6, 6.07) is 6.42. The minimum Gasteiger partial charge on any atom is -0.481 e. The minimum absolute atomic E-state index is 0.00955. The summed E-state index contributed by atoms with van der Waals surface area (Å²) in [6.45, 7) is 2.44. The second-order valence-electron chi connectivity index (χ2n) is 4.93. The number of carbonyl (C=O) groups excluding carboxylic acids is 2. The predicted molar refractivity (Wildman–Crippen MR) is 75.1 cm³/mol. The molecule has 112 valence electrons. The van der Waals surface area contributed by atoms with Gasteiger partial charge in [-0.15, -0.1) is 0 Å². The van der Waals surface area contributed by atoms with Crippen LogP contribution < -0.4 is 4.90 Å². The first kappa shape index (κ1) is 15.0. The zero-order valence-electron chi connectivity index (χ0n) is 11.7. The Morgan fingerprint density at radius 3 is 2.52 bits per heavy atom. The third-order valence-corrected chi connectivity index (χ3v) is 3.33. The van der Waals surface area contributed by atoms with Crippen LogP contribution in [0.15, 0.2) is 24.3 Å². The maximum Gasteiger partial charge on any atom is 0.338 e. The number of hydrogen-bond acceptors (Lipinski definition) is 4. The second kappa shape index (κ2) is 6.39. The Bertz CT molecular complexity index is 552. The van der Waals surface area contributed by atoms with Crippen molar-refractivity contribution in [3.63, 3.8) is 0 Å². The molecule has 2 rings (SSSR count). The van der Waals surface area contributed by atoms with E-state index in [0.717, 1.165) is 6.42 Å². The SMILES string of the molecule is CCCOC(=O)c1ccc(N2C[C@@H](C(=O)O)CC2=O)cc1. The van der Waals surface area contributed by atoms with E-state index in [-0.39, 0.29) is 18.9 Å². The number of amides is 1. The minimum atomic E-state index is -0.967. The van der Waals surface area contributed by atoms with E-state index < -0.39 is 17.9 Å². The molecule has 1 heterocycles. The van der Waals surface area contributed by atoms with Crippen molar-refractivity contribution < 1.29 is 24.2 Å². The van der Waals surface area contributed by atoms with E-state index in [1.54, 1.807) is 24.3 Å². The van der Waals surface area contributed by atoms with Crippen molar-refractivity contribution in [3.05, 3.63) is 29.8 Å². The van der Waals surface area contributed by atoms with Crippen molar-refractivity contribution in [3.8, 4) is 0 Å². The summed E-state index contributed by atoms with van der Waals surface area (Å²) in [6.07, 6.45) is 0.762. The molecule has 6 heteroatoms. The normalized spacial score (nSPS) is 17.9. The summed E-state index contributed by atoms with van der Waals surface area (Å²) < 4.78 is 5.02. The molecule has 6 nitrogen and oxygen atoms in total. The van der Waals surface area contributed by atoms with Gasteiger partial charge in [-0.2, -0.15) is 0 Å². The average molecular weight is 291 g/mol. The van der Waals surface area contributed by atoms with Crippen LogP contribution in [0.4, 0.5) is 5.69 Å². The molecular weight excluding hydrogens is 274 g/mol. The first-order valence-electron chi connectivity index (χ1n) is 6.83. The molecule has 0 unspecified atom stereocenters.